The standard InChI is InChI=1S/C16H18ClNO3/c1-10-2-3-12(7-14(10)17)16(20)21-9-11-6-15(19)18(8-11)13-4-5-13/h2-3,7,11,13H,4-6,8-9H2,1H3/t11-/m1/s1. The van der Waals surface area contributed by atoms with Gasteiger partial charge in [-0.15, -0.1) is 0 Å². The molecule has 5 heteroatoms. The van der Waals surface area contributed by atoms with Gasteiger partial charge in [0, 0.05) is 29.9 Å². The molecule has 1 aliphatic heterocycles. The van der Waals surface area contributed by atoms with Gasteiger partial charge >= 0.3 is 5.97 Å². The molecule has 4 nitrogen and oxygen atoms in total. The smallest absolute Gasteiger partial charge is 0.338 e. The number of benzene rings is 1. The Hall–Kier alpha value is -1.55. The molecule has 0 bridgehead atoms. The van der Waals surface area contributed by atoms with E-state index in [0.29, 0.717) is 36.2 Å². The van der Waals surface area contributed by atoms with Crippen molar-refractivity contribution < 1.29 is 14.3 Å². The quantitative estimate of drug-likeness (QED) is 0.804. The van der Waals surface area contributed by atoms with E-state index in [-0.39, 0.29) is 17.8 Å². The van der Waals surface area contributed by atoms with E-state index in [1.807, 2.05) is 11.8 Å². The summed E-state index contributed by atoms with van der Waals surface area (Å²) >= 11 is 6.01. The number of esters is 1. The molecule has 1 aromatic carbocycles. The van der Waals surface area contributed by atoms with Crippen molar-refractivity contribution in [1.82, 2.24) is 4.90 Å². The first-order valence-corrected chi connectivity index (χ1v) is 7.65. The molecule has 1 atom stereocenters. The fourth-order valence-electron chi connectivity index (χ4n) is 2.66. The Kier molecular flexibility index (Phi) is 3.89. The fraction of sp³-hybridized carbons (Fsp3) is 0.500. The second-order valence-corrected chi connectivity index (χ2v) is 6.32. The lowest BCUT2D eigenvalue weighted by atomic mass is 10.1. The van der Waals surface area contributed by atoms with Gasteiger partial charge in [-0.3, -0.25) is 4.79 Å². The van der Waals surface area contributed by atoms with Crippen LogP contribution in [0.4, 0.5) is 0 Å². The molecule has 0 aromatic heterocycles. The average Bonchev–Trinajstić information content (AvgIpc) is 3.23. The first-order chi connectivity index (χ1) is 10.0. The Morgan fingerprint density at radius 3 is 2.86 bits per heavy atom. The molecule has 112 valence electrons. The number of rotatable bonds is 4. The zero-order valence-corrected chi connectivity index (χ0v) is 12.7. The van der Waals surface area contributed by atoms with E-state index in [1.165, 1.54) is 0 Å². The minimum absolute atomic E-state index is 0.114. The SMILES string of the molecule is Cc1ccc(C(=O)OC[C@@H]2CC(=O)N(C3CC3)C2)cc1Cl. The van der Waals surface area contributed by atoms with Gasteiger partial charge in [0.25, 0.3) is 0 Å². The van der Waals surface area contributed by atoms with E-state index in [2.05, 4.69) is 0 Å². The van der Waals surface area contributed by atoms with Crippen LogP contribution in [-0.2, 0) is 9.53 Å². The Balaban J connectivity index is 1.54. The lowest BCUT2D eigenvalue weighted by molar-refractivity contribution is -0.128. The van der Waals surface area contributed by atoms with Crippen molar-refractivity contribution in [2.45, 2.75) is 32.2 Å². The van der Waals surface area contributed by atoms with E-state index < -0.39 is 0 Å². The lowest BCUT2D eigenvalue weighted by Crippen LogP contribution is -2.27. The number of carbonyl (C=O) groups excluding carboxylic acids is 2. The van der Waals surface area contributed by atoms with Crippen LogP contribution >= 0.6 is 11.6 Å². The van der Waals surface area contributed by atoms with Gasteiger partial charge in [0.15, 0.2) is 0 Å². The van der Waals surface area contributed by atoms with E-state index in [4.69, 9.17) is 16.3 Å². The molecule has 1 aliphatic carbocycles. The summed E-state index contributed by atoms with van der Waals surface area (Å²) in [4.78, 5) is 25.8. The van der Waals surface area contributed by atoms with Gasteiger partial charge in [0.1, 0.15) is 0 Å². The molecule has 1 saturated heterocycles. The maximum atomic E-state index is 12.0. The number of halogens is 1. The maximum Gasteiger partial charge on any atom is 0.338 e. The highest BCUT2D eigenvalue weighted by Gasteiger charge is 2.39. The Bertz CT molecular complexity index is 583. The normalized spacial score (nSPS) is 21.7. The van der Waals surface area contributed by atoms with Gasteiger partial charge in [-0.2, -0.15) is 0 Å². The molecule has 0 N–H and O–H groups in total. The molecule has 2 aliphatic rings. The van der Waals surface area contributed by atoms with Gasteiger partial charge in [0.05, 0.1) is 12.2 Å². The van der Waals surface area contributed by atoms with Crippen LogP contribution in [0.15, 0.2) is 18.2 Å². The first-order valence-electron chi connectivity index (χ1n) is 7.27. The van der Waals surface area contributed by atoms with Crippen LogP contribution in [0.1, 0.15) is 35.2 Å². The zero-order chi connectivity index (χ0) is 15.0. The third-order valence-corrected chi connectivity index (χ3v) is 4.49. The number of hydrogen-bond donors (Lipinski definition) is 0. The molecule has 1 saturated carbocycles. The Labute approximate surface area is 129 Å². The average molecular weight is 308 g/mol. The predicted octanol–water partition coefficient (Wildman–Crippen LogP) is 2.82. The molecule has 1 aromatic rings. The number of carbonyl (C=O) groups is 2. The highest BCUT2D eigenvalue weighted by molar-refractivity contribution is 6.31. The number of aryl methyl sites for hydroxylation is 1. The van der Waals surface area contributed by atoms with Crippen molar-refractivity contribution in [3.63, 3.8) is 0 Å². The van der Waals surface area contributed by atoms with E-state index in [9.17, 15) is 9.59 Å². The van der Waals surface area contributed by atoms with Crippen LogP contribution in [0.5, 0.6) is 0 Å². The van der Waals surface area contributed by atoms with Gasteiger partial charge in [-0.1, -0.05) is 17.7 Å². The summed E-state index contributed by atoms with van der Waals surface area (Å²) in [5, 5.41) is 0.556. The minimum atomic E-state index is -0.380. The first kappa shape index (κ1) is 14.4. The van der Waals surface area contributed by atoms with Gasteiger partial charge in [-0.25, -0.2) is 4.79 Å². The van der Waals surface area contributed by atoms with Crippen molar-refractivity contribution in [3.05, 3.63) is 34.3 Å². The molecular formula is C16H18ClNO3. The van der Waals surface area contributed by atoms with Gasteiger partial charge in [0.2, 0.25) is 5.91 Å². The lowest BCUT2D eigenvalue weighted by Gasteiger charge is -2.15. The third kappa shape index (κ3) is 3.21. The predicted molar refractivity (Wildman–Crippen MR) is 79.3 cm³/mol. The highest BCUT2D eigenvalue weighted by Crippen LogP contribution is 2.32. The number of ether oxygens (including phenoxy) is 1. The van der Waals surface area contributed by atoms with E-state index in [0.717, 1.165) is 18.4 Å². The Morgan fingerprint density at radius 1 is 1.43 bits per heavy atom. The summed E-state index contributed by atoms with van der Waals surface area (Å²) in [6.45, 7) is 2.89. The number of nitrogens with zero attached hydrogens (tertiary/aromatic N) is 1. The van der Waals surface area contributed by atoms with Crippen molar-refractivity contribution >= 4 is 23.5 Å². The molecule has 2 fully saturated rings. The van der Waals surface area contributed by atoms with Crippen LogP contribution in [0, 0.1) is 12.8 Å². The summed E-state index contributed by atoms with van der Waals surface area (Å²) in [5.41, 5.74) is 1.38. The minimum Gasteiger partial charge on any atom is -0.462 e. The highest BCUT2D eigenvalue weighted by atomic mass is 35.5. The summed E-state index contributed by atoms with van der Waals surface area (Å²) in [7, 11) is 0. The molecule has 0 unspecified atom stereocenters. The van der Waals surface area contributed by atoms with Crippen LogP contribution in [0.3, 0.4) is 0 Å². The van der Waals surface area contributed by atoms with Crippen molar-refractivity contribution in [2.24, 2.45) is 5.92 Å². The van der Waals surface area contributed by atoms with Crippen LogP contribution in [-0.4, -0.2) is 36.0 Å². The molecule has 0 spiro atoms. The van der Waals surface area contributed by atoms with Crippen LogP contribution in [0.2, 0.25) is 5.02 Å². The molecular weight excluding hydrogens is 290 g/mol. The molecule has 3 rings (SSSR count). The van der Waals surface area contributed by atoms with E-state index >= 15 is 0 Å². The molecule has 21 heavy (non-hydrogen) atoms. The molecule has 0 radical (unpaired) electrons. The van der Waals surface area contributed by atoms with Crippen molar-refractivity contribution in [3.8, 4) is 0 Å². The Morgan fingerprint density at radius 2 is 2.19 bits per heavy atom. The third-order valence-electron chi connectivity index (χ3n) is 4.08. The second-order valence-electron chi connectivity index (χ2n) is 5.91. The van der Waals surface area contributed by atoms with Crippen LogP contribution < -0.4 is 0 Å². The largest absolute Gasteiger partial charge is 0.462 e. The van der Waals surface area contributed by atoms with Crippen molar-refractivity contribution in [2.75, 3.05) is 13.2 Å². The summed E-state index contributed by atoms with van der Waals surface area (Å²) < 4.78 is 5.33. The van der Waals surface area contributed by atoms with Gasteiger partial charge < -0.3 is 9.64 Å². The monoisotopic (exact) mass is 307 g/mol. The molecule has 1 amide bonds. The number of likely N-dealkylation sites (tertiary alicyclic amines) is 1. The second kappa shape index (κ2) is 5.68. The summed E-state index contributed by atoms with van der Waals surface area (Å²) in [6, 6.07) is 5.57. The molecule has 1 heterocycles. The fourth-order valence-corrected chi connectivity index (χ4v) is 2.84. The number of hydrogen-bond acceptors (Lipinski definition) is 3. The maximum absolute atomic E-state index is 12.0. The van der Waals surface area contributed by atoms with Crippen molar-refractivity contribution in [1.29, 1.82) is 0 Å². The van der Waals surface area contributed by atoms with Crippen LogP contribution in [0.25, 0.3) is 0 Å². The summed E-state index contributed by atoms with van der Waals surface area (Å²) in [5.74, 6) is -0.0749. The number of amides is 1. The zero-order valence-electron chi connectivity index (χ0n) is 12.0. The van der Waals surface area contributed by atoms with E-state index in [1.54, 1.807) is 18.2 Å². The van der Waals surface area contributed by atoms with Gasteiger partial charge in [-0.05, 0) is 37.5 Å². The topological polar surface area (TPSA) is 46.6 Å². The summed E-state index contributed by atoms with van der Waals surface area (Å²) in [6.07, 6.45) is 2.71.